The van der Waals surface area contributed by atoms with Gasteiger partial charge in [0.05, 0.1) is 0 Å². The highest BCUT2D eigenvalue weighted by molar-refractivity contribution is 5.84. The zero-order valence-corrected chi connectivity index (χ0v) is 13.2. The van der Waals surface area contributed by atoms with Gasteiger partial charge in [0.15, 0.2) is 0 Å². The lowest BCUT2D eigenvalue weighted by molar-refractivity contribution is -0.191. The molecule has 22 heavy (non-hydrogen) atoms. The van der Waals surface area contributed by atoms with Gasteiger partial charge in [-0.1, -0.05) is 56.0 Å². The Labute approximate surface area is 131 Å². The number of hydrogen-bond donors (Lipinski definition) is 1. The van der Waals surface area contributed by atoms with E-state index in [1.165, 1.54) is 30.4 Å². The Kier molecular flexibility index (Phi) is 5.15. The van der Waals surface area contributed by atoms with E-state index in [1.54, 1.807) is 0 Å². The largest absolute Gasteiger partial charge is 0.373 e. The first-order valence-electron chi connectivity index (χ1n) is 7.92. The number of rotatable bonds is 1. The molecule has 0 aromatic heterocycles. The molecule has 1 N–H and O–H groups in total. The first kappa shape index (κ1) is 16.4. The van der Waals surface area contributed by atoms with Crippen molar-refractivity contribution in [2.24, 2.45) is 5.92 Å². The first-order chi connectivity index (χ1) is 10.5. The van der Waals surface area contributed by atoms with Gasteiger partial charge in [-0.25, -0.2) is 0 Å². The summed E-state index contributed by atoms with van der Waals surface area (Å²) in [6.07, 6.45) is 6.33. The van der Waals surface area contributed by atoms with Crippen LogP contribution in [0.3, 0.4) is 0 Å². The lowest BCUT2D eigenvalue weighted by Gasteiger charge is -2.39. The van der Waals surface area contributed by atoms with Gasteiger partial charge in [-0.2, -0.15) is 9.59 Å². The highest BCUT2D eigenvalue weighted by atomic mass is 16.2. The Morgan fingerprint density at radius 1 is 1.09 bits per heavy atom. The molecule has 4 heteroatoms. The predicted molar refractivity (Wildman–Crippen MR) is 82.0 cm³/mol. The van der Waals surface area contributed by atoms with Gasteiger partial charge in [0, 0.05) is 17.4 Å². The summed E-state index contributed by atoms with van der Waals surface area (Å²) in [6.45, 7) is 4.20. The van der Waals surface area contributed by atoms with E-state index < -0.39 is 0 Å². The molecule has 1 heterocycles. The molecule has 3 rings (SSSR count). The monoisotopic (exact) mass is 301 g/mol. The molecule has 2 fully saturated rings. The van der Waals surface area contributed by atoms with Crippen molar-refractivity contribution >= 4 is 12.1 Å². The van der Waals surface area contributed by atoms with E-state index >= 15 is 0 Å². The van der Waals surface area contributed by atoms with Gasteiger partial charge in [-0.15, -0.1) is 0 Å². The standard InChI is InChI=1S/C17H23NO.CO2/c1-12-6-8-14(9-7-12)15-13(2)16(19)18-17(15)10-4-3-5-11-17;2-1-3/h6-9,13,15H,3-5,10-11H2,1-2H3,(H,18,19);/t13-,15?;/m0./s1. The van der Waals surface area contributed by atoms with Crippen LogP contribution in [0.2, 0.25) is 0 Å². The van der Waals surface area contributed by atoms with Crippen LogP contribution in [-0.2, 0) is 14.4 Å². The SMILES string of the molecule is Cc1ccc(C2[C@H](C)C(=O)NC23CCCCC3)cc1.O=C=O. The van der Waals surface area contributed by atoms with Crippen molar-refractivity contribution in [3.8, 4) is 0 Å². The van der Waals surface area contributed by atoms with Gasteiger partial charge in [-0.05, 0) is 25.3 Å². The summed E-state index contributed by atoms with van der Waals surface area (Å²) in [5.41, 5.74) is 2.65. The summed E-state index contributed by atoms with van der Waals surface area (Å²) in [6, 6.07) is 8.77. The van der Waals surface area contributed by atoms with E-state index in [1.807, 2.05) is 0 Å². The predicted octanol–water partition coefficient (Wildman–Crippen LogP) is 2.96. The second-order valence-electron chi connectivity index (χ2n) is 6.47. The van der Waals surface area contributed by atoms with E-state index in [0.29, 0.717) is 5.92 Å². The average molecular weight is 301 g/mol. The maximum absolute atomic E-state index is 12.2. The lowest BCUT2D eigenvalue weighted by atomic mass is 9.69. The van der Waals surface area contributed by atoms with Crippen molar-refractivity contribution in [3.63, 3.8) is 0 Å². The van der Waals surface area contributed by atoms with Gasteiger partial charge in [0.2, 0.25) is 5.91 Å². The van der Waals surface area contributed by atoms with Gasteiger partial charge in [0.25, 0.3) is 0 Å². The molecule has 1 aliphatic heterocycles. The Hall–Kier alpha value is -1.93. The van der Waals surface area contributed by atoms with Crippen LogP contribution in [0.15, 0.2) is 24.3 Å². The highest BCUT2D eigenvalue weighted by Crippen LogP contribution is 2.48. The van der Waals surface area contributed by atoms with Gasteiger partial charge in [0.1, 0.15) is 0 Å². The molecule has 1 saturated carbocycles. The summed E-state index contributed by atoms with van der Waals surface area (Å²) in [5, 5.41) is 3.34. The topological polar surface area (TPSA) is 63.2 Å². The normalized spacial score (nSPS) is 25.8. The molecule has 118 valence electrons. The fourth-order valence-electron chi connectivity index (χ4n) is 4.07. The van der Waals surface area contributed by atoms with Crippen LogP contribution >= 0.6 is 0 Å². The van der Waals surface area contributed by atoms with E-state index in [2.05, 4.69) is 43.4 Å². The Morgan fingerprint density at radius 3 is 2.18 bits per heavy atom. The first-order valence-corrected chi connectivity index (χ1v) is 7.92. The molecule has 1 aromatic rings. The molecule has 1 saturated heterocycles. The summed E-state index contributed by atoms with van der Waals surface area (Å²) in [5.74, 6) is 0.689. The van der Waals surface area contributed by atoms with E-state index in [4.69, 9.17) is 9.59 Å². The van der Waals surface area contributed by atoms with Crippen molar-refractivity contribution < 1.29 is 14.4 Å². The second kappa shape index (κ2) is 6.89. The molecule has 2 aliphatic rings. The molecular formula is C18H23NO3. The number of nitrogens with one attached hydrogen (secondary N) is 1. The van der Waals surface area contributed by atoms with Crippen LogP contribution in [0.25, 0.3) is 0 Å². The van der Waals surface area contributed by atoms with Crippen LogP contribution in [-0.4, -0.2) is 17.6 Å². The zero-order chi connectivity index (χ0) is 16.2. The number of aryl methyl sites for hydroxylation is 1. The summed E-state index contributed by atoms with van der Waals surface area (Å²) in [7, 11) is 0. The molecule has 1 spiro atoms. The fraction of sp³-hybridized carbons (Fsp3) is 0.556. The van der Waals surface area contributed by atoms with Crippen molar-refractivity contribution in [1.29, 1.82) is 0 Å². The van der Waals surface area contributed by atoms with Crippen molar-refractivity contribution in [1.82, 2.24) is 5.32 Å². The van der Waals surface area contributed by atoms with Crippen LogP contribution in [0.5, 0.6) is 0 Å². The number of amides is 1. The van der Waals surface area contributed by atoms with Gasteiger partial charge < -0.3 is 5.32 Å². The minimum atomic E-state index is 0.0318. The van der Waals surface area contributed by atoms with Gasteiger partial charge >= 0.3 is 6.15 Å². The third-order valence-corrected chi connectivity index (χ3v) is 5.06. The molecule has 1 aliphatic carbocycles. The summed E-state index contributed by atoms with van der Waals surface area (Å²) < 4.78 is 0. The highest BCUT2D eigenvalue weighted by Gasteiger charge is 2.51. The minimum Gasteiger partial charge on any atom is -0.350 e. The molecule has 1 aromatic carbocycles. The van der Waals surface area contributed by atoms with Crippen LogP contribution < -0.4 is 5.32 Å². The number of hydrogen-bond acceptors (Lipinski definition) is 3. The van der Waals surface area contributed by atoms with E-state index in [0.717, 1.165) is 12.8 Å². The van der Waals surface area contributed by atoms with E-state index in [-0.39, 0.29) is 23.5 Å². The van der Waals surface area contributed by atoms with Crippen molar-refractivity contribution in [2.45, 2.75) is 57.4 Å². The van der Waals surface area contributed by atoms with Crippen molar-refractivity contribution in [3.05, 3.63) is 35.4 Å². The molecule has 4 nitrogen and oxygen atoms in total. The Balaban J connectivity index is 0.000000545. The fourth-order valence-corrected chi connectivity index (χ4v) is 4.07. The molecule has 1 unspecified atom stereocenters. The van der Waals surface area contributed by atoms with Crippen LogP contribution in [0.1, 0.15) is 56.1 Å². The Bertz CT molecular complexity index is 552. The average Bonchev–Trinajstić information content (AvgIpc) is 2.73. The van der Waals surface area contributed by atoms with Crippen molar-refractivity contribution in [2.75, 3.05) is 0 Å². The smallest absolute Gasteiger partial charge is 0.350 e. The number of carbonyl (C=O) groups is 1. The number of carbonyl (C=O) groups excluding carboxylic acids is 3. The molecular weight excluding hydrogens is 278 g/mol. The lowest BCUT2D eigenvalue weighted by Crippen LogP contribution is -2.46. The minimum absolute atomic E-state index is 0.0318. The van der Waals surface area contributed by atoms with Crippen LogP contribution in [0.4, 0.5) is 0 Å². The molecule has 1 amide bonds. The second-order valence-corrected chi connectivity index (χ2v) is 6.47. The number of benzene rings is 1. The van der Waals surface area contributed by atoms with Crippen LogP contribution in [0, 0.1) is 12.8 Å². The summed E-state index contributed by atoms with van der Waals surface area (Å²) >= 11 is 0. The third kappa shape index (κ3) is 3.12. The maximum atomic E-state index is 12.2. The molecule has 2 atom stereocenters. The molecule has 0 radical (unpaired) electrons. The quantitative estimate of drug-likeness (QED) is 0.867. The molecule has 0 bridgehead atoms. The maximum Gasteiger partial charge on any atom is 0.373 e. The summed E-state index contributed by atoms with van der Waals surface area (Å²) in [4.78, 5) is 28.4. The van der Waals surface area contributed by atoms with Gasteiger partial charge in [-0.3, -0.25) is 4.79 Å². The zero-order valence-electron chi connectivity index (χ0n) is 13.2. The third-order valence-electron chi connectivity index (χ3n) is 5.06. The Morgan fingerprint density at radius 2 is 1.64 bits per heavy atom. The van der Waals surface area contributed by atoms with E-state index in [9.17, 15) is 4.79 Å².